The molecule has 4 rings (SSSR count). The number of amides is 2. The first-order valence-corrected chi connectivity index (χ1v) is 11.8. The number of rotatable bonds is 6. The first-order chi connectivity index (χ1) is 17.1. The van der Waals surface area contributed by atoms with Crippen LogP contribution < -0.4 is 10.1 Å². The third kappa shape index (κ3) is 6.01. The molecule has 6 nitrogen and oxygen atoms in total. The number of furan rings is 1. The number of thiazole rings is 1. The van der Waals surface area contributed by atoms with Crippen molar-refractivity contribution in [1.82, 2.24) is 9.88 Å². The summed E-state index contributed by atoms with van der Waals surface area (Å²) < 4.78 is 46.1. The van der Waals surface area contributed by atoms with E-state index in [9.17, 15) is 22.8 Å². The number of hydrogen-bond donors (Lipinski definition) is 1. The zero-order valence-corrected chi connectivity index (χ0v) is 20.2. The van der Waals surface area contributed by atoms with E-state index >= 15 is 0 Å². The monoisotopic (exact) mass is 513 g/mol. The maximum atomic E-state index is 12.9. The van der Waals surface area contributed by atoms with E-state index in [-0.39, 0.29) is 24.8 Å². The quantitative estimate of drug-likeness (QED) is 0.370. The molecule has 0 aliphatic heterocycles. The van der Waals surface area contributed by atoms with Crippen molar-refractivity contribution < 1.29 is 27.2 Å². The summed E-state index contributed by atoms with van der Waals surface area (Å²) in [7, 11) is 0. The average Bonchev–Trinajstić information content (AvgIpc) is 3.45. The lowest BCUT2D eigenvalue weighted by Crippen LogP contribution is -2.22. The second kappa shape index (κ2) is 10.4. The van der Waals surface area contributed by atoms with Gasteiger partial charge in [0.15, 0.2) is 10.6 Å². The summed E-state index contributed by atoms with van der Waals surface area (Å²) in [6, 6.07) is 15.1. The van der Waals surface area contributed by atoms with Gasteiger partial charge in [0.2, 0.25) is 0 Å². The van der Waals surface area contributed by atoms with Crippen molar-refractivity contribution in [3.05, 3.63) is 110 Å². The van der Waals surface area contributed by atoms with Crippen molar-refractivity contribution >= 4 is 23.2 Å². The number of carbonyl (C=O) groups is 2. The largest absolute Gasteiger partial charge is 0.454 e. The highest BCUT2D eigenvalue weighted by Crippen LogP contribution is 2.29. The molecule has 4 aromatic rings. The Hall–Kier alpha value is -3.92. The molecule has 1 N–H and O–H groups in total. The fraction of sp³-hybridized carbons (Fsp3) is 0.192. The van der Waals surface area contributed by atoms with Crippen LogP contribution in [0.4, 0.5) is 13.2 Å². The number of aromatic nitrogens is 1. The lowest BCUT2D eigenvalue weighted by molar-refractivity contribution is -0.137. The number of carbonyl (C=O) groups excluding carboxylic acids is 2. The molecule has 0 aliphatic carbocycles. The van der Waals surface area contributed by atoms with Gasteiger partial charge in [-0.2, -0.15) is 18.2 Å². The lowest BCUT2D eigenvalue weighted by atomic mass is 10.1. The Morgan fingerprint density at radius 3 is 2.58 bits per heavy atom. The second-order valence-corrected chi connectivity index (χ2v) is 9.02. The third-order valence-corrected chi connectivity index (χ3v) is 6.34. The maximum Gasteiger partial charge on any atom is 0.416 e. The average molecular weight is 514 g/mol. The van der Waals surface area contributed by atoms with Gasteiger partial charge in [-0.1, -0.05) is 29.8 Å². The predicted octanol–water partition coefficient (Wildman–Crippen LogP) is 5.50. The SMILES string of the molecule is Cc1cccc(C(=O)N=c2scc(C)n2Cc2ccc(C(=O)NCc3cccc(C(F)(F)F)c3)o2)c1. The van der Waals surface area contributed by atoms with Crippen molar-refractivity contribution in [2.24, 2.45) is 4.99 Å². The normalized spacial score (nSPS) is 12.1. The molecule has 0 spiro atoms. The number of nitrogens with zero attached hydrogens (tertiary/aromatic N) is 2. The Morgan fingerprint density at radius 1 is 1.06 bits per heavy atom. The van der Waals surface area contributed by atoms with Crippen LogP contribution >= 0.6 is 11.3 Å². The summed E-state index contributed by atoms with van der Waals surface area (Å²) in [5.74, 6) is -0.418. The first kappa shape index (κ1) is 25.2. The zero-order valence-electron chi connectivity index (χ0n) is 19.4. The van der Waals surface area contributed by atoms with Crippen LogP contribution in [-0.2, 0) is 19.3 Å². The van der Waals surface area contributed by atoms with Gasteiger partial charge in [0, 0.05) is 23.2 Å². The van der Waals surface area contributed by atoms with E-state index in [4.69, 9.17) is 4.42 Å². The molecule has 2 aromatic heterocycles. The molecule has 0 radical (unpaired) electrons. The molecule has 10 heteroatoms. The molecule has 2 amide bonds. The summed E-state index contributed by atoms with van der Waals surface area (Å²) >= 11 is 1.32. The van der Waals surface area contributed by atoms with Crippen LogP contribution in [0.1, 0.15) is 49.1 Å². The number of hydrogen-bond acceptors (Lipinski definition) is 4. The molecule has 0 aliphatic rings. The van der Waals surface area contributed by atoms with E-state index in [1.807, 2.05) is 29.9 Å². The number of halogens is 3. The van der Waals surface area contributed by atoms with E-state index < -0.39 is 17.6 Å². The van der Waals surface area contributed by atoms with E-state index in [0.717, 1.165) is 23.4 Å². The molecule has 0 fully saturated rings. The van der Waals surface area contributed by atoms with Crippen LogP contribution in [0, 0.1) is 13.8 Å². The van der Waals surface area contributed by atoms with Gasteiger partial charge in [-0.05, 0) is 55.8 Å². The van der Waals surface area contributed by atoms with E-state index in [1.54, 1.807) is 24.3 Å². The van der Waals surface area contributed by atoms with Crippen LogP contribution in [0.15, 0.2) is 75.5 Å². The smallest absolute Gasteiger partial charge is 0.416 e. The molecule has 0 saturated carbocycles. The minimum absolute atomic E-state index is 0.0276. The topological polar surface area (TPSA) is 76.6 Å². The molecular formula is C26H22F3N3O3S. The Bertz CT molecular complexity index is 1480. The van der Waals surface area contributed by atoms with Crippen molar-refractivity contribution in [3.63, 3.8) is 0 Å². The summed E-state index contributed by atoms with van der Waals surface area (Å²) in [6.45, 7) is 3.94. The standard InChI is InChI=1S/C26H22F3N3O3S/c1-16-5-3-7-19(11-16)23(33)31-25-32(17(2)15-36-25)14-21-9-10-22(35-21)24(34)30-13-18-6-4-8-20(12-18)26(27,28)29/h3-12,15H,13-14H2,1-2H3,(H,30,34). The minimum Gasteiger partial charge on any atom is -0.454 e. The van der Waals surface area contributed by atoms with Gasteiger partial charge >= 0.3 is 6.18 Å². The molecule has 0 unspecified atom stereocenters. The molecule has 0 bridgehead atoms. The molecule has 2 aromatic carbocycles. The first-order valence-electron chi connectivity index (χ1n) is 10.9. The predicted molar refractivity (Wildman–Crippen MR) is 129 cm³/mol. The number of alkyl halides is 3. The lowest BCUT2D eigenvalue weighted by Gasteiger charge is -2.09. The van der Waals surface area contributed by atoms with Gasteiger partial charge in [-0.25, -0.2) is 0 Å². The Kier molecular flexibility index (Phi) is 7.25. The second-order valence-electron chi connectivity index (χ2n) is 8.18. The van der Waals surface area contributed by atoms with Crippen molar-refractivity contribution in [3.8, 4) is 0 Å². The van der Waals surface area contributed by atoms with Crippen molar-refractivity contribution in [1.29, 1.82) is 0 Å². The van der Waals surface area contributed by atoms with Gasteiger partial charge in [-0.3, -0.25) is 9.59 Å². The highest BCUT2D eigenvalue weighted by Gasteiger charge is 2.30. The summed E-state index contributed by atoms with van der Waals surface area (Å²) in [4.78, 5) is 29.9. The third-order valence-electron chi connectivity index (χ3n) is 5.36. The molecule has 186 valence electrons. The highest BCUT2D eigenvalue weighted by atomic mass is 32.1. The van der Waals surface area contributed by atoms with E-state index in [2.05, 4.69) is 10.3 Å². The van der Waals surface area contributed by atoms with Gasteiger partial charge in [0.1, 0.15) is 5.76 Å². The Labute approximate surface area is 208 Å². The Balaban J connectivity index is 1.45. The van der Waals surface area contributed by atoms with Gasteiger partial charge in [-0.15, -0.1) is 11.3 Å². The van der Waals surface area contributed by atoms with E-state index in [0.29, 0.717) is 21.7 Å². The van der Waals surface area contributed by atoms with E-state index in [1.165, 1.54) is 29.5 Å². The fourth-order valence-corrected chi connectivity index (χ4v) is 4.37. The minimum atomic E-state index is -4.46. The molecule has 2 heterocycles. The number of aryl methyl sites for hydroxylation is 2. The summed E-state index contributed by atoms with van der Waals surface area (Å²) in [5, 5.41) is 4.44. The number of benzene rings is 2. The fourth-order valence-electron chi connectivity index (χ4n) is 3.49. The Morgan fingerprint density at radius 2 is 1.83 bits per heavy atom. The van der Waals surface area contributed by atoms with Crippen LogP contribution in [0.3, 0.4) is 0 Å². The van der Waals surface area contributed by atoms with Crippen LogP contribution in [-0.4, -0.2) is 16.4 Å². The maximum absolute atomic E-state index is 12.9. The van der Waals surface area contributed by atoms with Gasteiger partial charge in [0.05, 0.1) is 12.1 Å². The van der Waals surface area contributed by atoms with Crippen LogP contribution in [0.5, 0.6) is 0 Å². The number of nitrogens with one attached hydrogen (secondary N) is 1. The molecule has 0 atom stereocenters. The molecule has 36 heavy (non-hydrogen) atoms. The van der Waals surface area contributed by atoms with Gasteiger partial charge in [0.25, 0.3) is 11.8 Å². The molecule has 0 saturated heterocycles. The van der Waals surface area contributed by atoms with Crippen LogP contribution in [0.25, 0.3) is 0 Å². The summed E-state index contributed by atoms with van der Waals surface area (Å²) in [6.07, 6.45) is -4.46. The molecular weight excluding hydrogens is 491 g/mol. The van der Waals surface area contributed by atoms with Gasteiger partial charge < -0.3 is 14.3 Å². The van der Waals surface area contributed by atoms with Crippen LogP contribution in [0.2, 0.25) is 0 Å². The zero-order chi connectivity index (χ0) is 25.9. The highest BCUT2D eigenvalue weighted by molar-refractivity contribution is 7.07. The summed E-state index contributed by atoms with van der Waals surface area (Å²) in [5.41, 5.74) is 1.85. The van der Waals surface area contributed by atoms with Crippen molar-refractivity contribution in [2.75, 3.05) is 0 Å². The van der Waals surface area contributed by atoms with Crippen molar-refractivity contribution in [2.45, 2.75) is 33.1 Å².